The van der Waals surface area contributed by atoms with Crippen molar-refractivity contribution in [3.05, 3.63) is 35.9 Å². The fourth-order valence-corrected chi connectivity index (χ4v) is 3.00. The zero-order valence-electron chi connectivity index (χ0n) is 14.4. The van der Waals surface area contributed by atoms with Crippen molar-refractivity contribution in [3.63, 3.8) is 0 Å². The molecule has 130 valence electrons. The van der Waals surface area contributed by atoms with Gasteiger partial charge in [-0.25, -0.2) is 0 Å². The maximum absolute atomic E-state index is 12.1. The molecule has 24 heavy (non-hydrogen) atoms. The summed E-state index contributed by atoms with van der Waals surface area (Å²) in [6, 6.07) is 1.22. The highest BCUT2D eigenvalue weighted by atomic mass is 16.5. The van der Waals surface area contributed by atoms with Crippen LogP contribution in [0.3, 0.4) is 0 Å². The maximum Gasteiger partial charge on any atom is 0.255 e. The van der Waals surface area contributed by atoms with Gasteiger partial charge in [-0.3, -0.25) is 4.79 Å². The minimum absolute atomic E-state index is 0.00306. The molecule has 3 rings (SSSR count). The molecule has 3 heterocycles. The molecule has 3 atom stereocenters. The Balaban J connectivity index is 1.70. The zero-order valence-corrected chi connectivity index (χ0v) is 14.4. The summed E-state index contributed by atoms with van der Waals surface area (Å²) >= 11 is 0. The predicted molar refractivity (Wildman–Crippen MR) is 85.4 cm³/mol. The number of aromatic nitrogens is 2. The summed E-state index contributed by atoms with van der Waals surface area (Å²) in [5.74, 6) is 0.809. The number of rotatable bonds is 4. The number of carbonyl (C=O) groups is 1. The van der Waals surface area contributed by atoms with Gasteiger partial charge in [-0.1, -0.05) is 20.8 Å². The first kappa shape index (κ1) is 16.7. The number of ether oxygens (including phenoxy) is 1. The first-order chi connectivity index (χ1) is 11.4. The molecule has 1 amide bonds. The molecular weight excluding hydrogens is 310 g/mol. The minimum atomic E-state index is -0.385. The third-order valence-electron chi connectivity index (χ3n) is 4.22. The number of furan rings is 1. The van der Waals surface area contributed by atoms with Gasteiger partial charge in [0.25, 0.3) is 5.91 Å². The van der Waals surface area contributed by atoms with E-state index in [1.165, 1.54) is 12.5 Å². The van der Waals surface area contributed by atoms with Crippen LogP contribution in [0, 0.1) is 5.41 Å². The molecule has 1 N–H and O–H groups in total. The molecule has 7 heteroatoms. The molecule has 0 aromatic carbocycles. The van der Waals surface area contributed by atoms with Crippen LogP contribution in [0.1, 0.15) is 68.2 Å². The first-order valence-corrected chi connectivity index (χ1v) is 8.14. The van der Waals surface area contributed by atoms with E-state index in [1.54, 1.807) is 6.07 Å². The Labute approximate surface area is 140 Å². The van der Waals surface area contributed by atoms with Crippen LogP contribution in [0.15, 0.2) is 27.4 Å². The quantitative estimate of drug-likeness (QED) is 0.924. The monoisotopic (exact) mass is 333 g/mol. The van der Waals surface area contributed by atoms with Crippen LogP contribution in [0.25, 0.3) is 0 Å². The van der Waals surface area contributed by atoms with Gasteiger partial charge in [0.05, 0.1) is 23.8 Å². The highest BCUT2D eigenvalue weighted by molar-refractivity contribution is 5.93. The van der Waals surface area contributed by atoms with Gasteiger partial charge in [0, 0.05) is 6.61 Å². The molecule has 1 aliphatic heterocycles. The largest absolute Gasteiger partial charge is 0.472 e. The Hall–Kier alpha value is -2.15. The van der Waals surface area contributed by atoms with Crippen LogP contribution in [-0.4, -0.2) is 28.8 Å². The van der Waals surface area contributed by atoms with E-state index in [0.29, 0.717) is 24.0 Å². The van der Waals surface area contributed by atoms with E-state index in [-0.39, 0.29) is 29.4 Å². The fourth-order valence-electron chi connectivity index (χ4n) is 3.00. The fraction of sp³-hybridized carbons (Fsp3) is 0.588. The van der Waals surface area contributed by atoms with Crippen LogP contribution >= 0.6 is 0 Å². The molecule has 2 aromatic rings. The lowest BCUT2D eigenvalue weighted by atomic mass is 9.81. The molecule has 0 aliphatic carbocycles. The second-order valence-electron chi connectivity index (χ2n) is 7.24. The molecule has 0 spiro atoms. The van der Waals surface area contributed by atoms with Gasteiger partial charge in [0.15, 0.2) is 0 Å². The van der Waals surface area contributed by atoms with E-state index in [9.17, 15) is 4.79 Å². The van der Waals surface area contributed by atoms with Crippen LogP contribution in [0.4, 0.5) is 0 Å². The summed E-state index contributed by atoms with van der Waals surface area (Å²) in [5, 5.41) is 11.1. The van der Waals surface area contributed by atoms with Gasteiger partial charge in [-0.05, 0) is 24.8 Å². The average molecular weight is 333 g/mol. The van der Waals surface area contributed by atoms with E-state index in [1.807, 2.05) is 6.92 Å². The lowest BCUT2D eigenvalue weighted by Crippen LogP contribution is -2.30. The Kier molecular flexibility index (Phi) is 4.45. The molecule has 1 unspecified atom stereocenters. The van der Waals surface area contributed by atoms with Crippen molar-refractivity contribution >= 4 is 5.91 Å². The van der Waals surface area contributed by atoms with E-state index in [4.69, 9.17) is 13.6 Å². The van der Waals surface area contributed by atoms with Gasteiger partial charge in [0.1, 0.15) is 12.3 Å². The van der Waals surface area contributed by atoms with E-state index < -0.39 is 0 Å². The van der Waals surface area contributed by atoms with Gasteiger partial charge in [-0.15, -0.1) is 10.2 Å². The van der Waals surface area contributed by atoms with Crippen LogP contribution in [-0.2, 0) is 4.74 Å². The Morgan fingerprint density at radius 2 is 2.17 bits per heavy atom. The Morgan fingerprint density at radius 3 is 2.83 bits per heavy atom. The minimum Gasteiger partial charge on any atom is -0.472 e. The molecular formula is C17H23N3O4. The third-order valence-corrected chi connectivity index (χ3v) is 4.22. The van der Waals surface area contributed by atoms with Crippen molar-refractivity contribution in [1.82, 2.24) is 15.5 Å². The van der Waals surface area contributed by atoms with Crippen LogP contribution in [0.2, 0.25) is 0 Å². The highest BCUT2D eigenvalue weighted by Gasteiger charge is 2.41. The topological polar surface area (TPSA) is 90.4 Å². The molecule has 1 fully saturated rings. The van der Waals surface area contributed by atoms with Crippen LogP contribution in [0.5, 0.6) is 0 Å². The van der Waals surface area contributed by atoms with E-state index in [2.05, 4.69) is 36.3 Å². The zero-order chi connectivity index (χ0) is 17.3. The molecule has 0 bridgehead atoms. The number of nitrogens with zero attached hydrogens (tertiary/aromatic N) is 2. The number of carbonyl (C=O) groups excluding carboxylic acids is 1. The van der Waals surface area contributed by atoms with Gasteiger partial charge >= 0.3 is 0 Å². The summed E-state index contributed by atoms with van der Waals surface area (Å²) in [6.45, 7) is 8.92. The molecule has 0 radical (unpaired) electrons. The Morgan fingerprint density at radius 1 is 1.38 bits per heavy atom. The van der Waals surface area contributed by atoms with E-state index >= 15 is 0 Å². The lowest BCUT2D eigenvalue weighted by molar-refractivity contribution is 0.0169. The highest BCUT2D eigenvalue weighted by Crippen LogP contribution is 2.40. The van der Waals surface area contributed by atoms with Crippen molar-refractivity contribution in [2.24, 2.45) is 5.41 Å². The molecule has 2 aromatic heterocycles. The predicted octanol–water partition coefficient (Wildman–Crippen LogP) is 3.07. The second kappa shape index (κ2) is 6.39. The van der Waals surface area contributed by atoms with Gasteiger partial charge < -0.3 is 18.9 Å². The molecule has 0 saturated carbocycles. The molecule has 7 nitrogen and oxygen atoms in total. The van der Waals surface area contributed by atoms with Crippen molar-refractivity contribution in [3.8, 4) is 0 Å². The third kappa shape index (κ3) is 3.36. The van der Waals surface area contributed by atoms with Gasteiger partial charge in [0.2, 0.25) is 11.8 Å². The smallest absolute Gasteiger partial charge is 0.255 e. The SMILES string of the molecule is CC(NC(=O)c1ccoc1)c1nnc([C@H]2CCO[C@@H]2C(C)(C)C)o1. The summed E-state index contributed by atoms with van der Waals surface area (Å²) in [6.07, 6.45) is 3.75. The lowest BCUT2D eigenvalue weighted by Gasteiger charge is -2.29. The first-order valence-electron chi connectivity index (χ1n) is 8.14. The van der Waals surface area contributed by atoms with Crippen molar-refractivity contribution < 1.29 is 18.4 Å². The second-order valence-corrected chi connectivity index (χ2v) is 7.24. The van der Waals surface area contributed by atoms with Gasteiger partial charge in [-0.2, -0.15) is 0 Å². The molecule has 1 aliphatic rings. The van der Waals surface area contributed by atoms with Crippen molar-refractivity contribution in [1.29, 1.82) is 0 Å². The van der Waals surface area contributed by atoms with E-state index in [0.717, 1.165) is 6.42 Å². The van der Waals surface area contributed by atoms with Crippen LogP contribution < -0.4 is 5.32 Å². The van der Waals surface area contributed by atoms with Crippen molar-refractivity contribution in [2.75, 3.05) is 6.61 Å². The molecule has 1 saturated heterocycles. The number of amides is 1. The average Bonchev–Trinajstić information content (AvgIpc) is 3.25. The number of hydrogen-bond acceptors (Lipinski definition) is 6. The Bertz CT molecular complexity index is 687. The summed E-state index contributed by atoms with van der Waals surface area (Å²) in [5.41, 5.74) is 0.454. The normalized spacial score (nSPS) is 22.5. The van der Waals surface area contributed by atoms with Crippen molar-refractivity contribution in [2.45, 2.75) is 52.2 Å². The summed E-state index contributed by atoms with van der Waals surface area (Å²) in [4.78, 5) is 12.1. The summed E-state index contributed by atoms with van der Waals surface area (Å²) < 4.78 is 16.6. The standard InChI is InChI=1S/C17H23N3O4/c1-10(18-14(21)11-5-7-22-9-11)15-19-20-16(24-15)12-6-8-23-13(12)17(2,3)4/h5,7,9-10,12-13H,6,8H2,1-4H3,(H,18,21)/t10?,12-,13-/m0/s1. The number of hydrogen-bond donors (Lipinski definition) is 1. The number of nitrogens with one attached hydrogen (secondary N) is 1. The maximum atomic E-state index is 12.1. The summed E-state index contributed by atoms with van der Waals surface area (Å²) in [7, 11) is 0.